The Balaban J connectivity index is 2.44. The molecule has 18 heavy (non-hydrogen) atoms. The van der Waals surface area contributed by atoms with Crippen molar-refractivity contribution in [3.63, 3.8) is 0 Å². The molecule has 0 radical (unpaired) electrons. The van der Waals surface area contributed by atoms with Gasteiger partial charge in [-0.05, 0) is 45.3 Å². The van der Waals surface area contributed by atoms with Crippen molar-refractivity contribution in [1.29, 1.82) is 0 Å². The molecule has 0 saturated carbocycles. The number of carboxylic acid groups (broad SMARTS) is 1. The highest BCUT2D eigenvalue weighted by atomic mass is 16.4. The predicted molar refractivity (Wildman–Crippen MR) is 73.8 cm³/mol. The number of rotatable bonds is 6. The van der Waals surface area contributed by atoms with Crippen LogP contribution < -0.4 is 0 Å². The zero-order valence-corrected chi connectivity index (χ0v) is 12.2. The van der Waals surface area contributed by atoms with E-state index >= 15 is 0 Å². The van der Waals surface area contributed by atoms with E-state index in [0.717, 1.165) is 32.5 Å². The van der Waals surface area contributed by atoms with E-state index in [1.165, 1.54) is 0 Å². The number of likely N-dealkylation sites (N-methyl/N-ethyl adjacent to an activating group) is 1. The zero-order valence-electron chi connectivity index (χ0n) is 12.2. The lowest BCUT2D eigenvalue weighted by molar-refractivity contribution is -0.144. The second kappa shape index (κ2) is 7.10. The molecule has 4 nitrogen and oxygen atoms in total. The first kappa shape index (κ1) is 15.4. The second-order valence-electron chi connectivity index (χ2n) is 5.85. The van der Waals surface area contributed by atoms with Crippen LogP contribution in [0.15, 0.2) is 0 Å². The smallest absolute Gasteiger partial charge is 0.320 e. The minimum Gasteiger partial charge on any atom is -0.480 e. The van der Waals surface area contributed by atoms with Gasteiger partial charge in [-0.2, -0.15) is 0 Å². The highest BCUT2D eigenvalue weighted by molar-refractivity contribution is 5.73. The molecule has 106 valence electrons. The molecule has 0 aliphatic carbocycles. The Bertz CT molecular complexity index is 261. The first-order valence-electron chi connectivity index (χ1n) is 7.12. The van der Waals surface area contributed by atoms with E-state index in [0.29, 0.717) is 18.4 Å². The number of hydrogen-bond donors (Lipinski definition) is 1. The lowest BCUT2D eigenvalue weighted by atomic mass is 10.00. The molecule has 0 aromatic rings. The lowest BCUT2D eigenvalue weighted by Crippen LogP contribution is -2.49. The fraction of sp³-hybridized carbons (Fsp3) is 0.929. The van der Waals surface area contributed by atoms with Gasteiger partial charge in [0.1, 0.15) is 6.04 Å². The van der Waals surface area contributed by atoms with Crippen molar-refractivity contribution in [2.45, 2.75) is 52.1 Å². The van der Waals surface area contributed by atoms with Gasteiger partial charge in [-0.3, -0.25) is 9.69 Å². The minimum absolute atomic E-state index is 0.327. The molecular weight excluding hydrogens is 228 g/mol. The summed E-state index contributed by atoms with van der Waals surface area (Å²) >= 11 is 0. The molecule has 1 saturated heterocycles. The van der Waals surface area contributed by atoms with Gasteiger partial charge in [0.15, 0.2) is 0 Å². The molecule has 1 heterocycles. The molecule has 1 atom stereocenters. The molecule has 1 rings (SSSR count). The van der Waals surface area contributed by atoms with Crippen LogP contribution in [0.4, 0.5) is 0 Å². The van der Waals surface area contributed by atoms with E-state index in [9.17, 15) is 9.90 Å². The molecule has 1 N–H and O–H groups in total. The largest absolute Gasteiger partial charge is 0.480 e. The van der Waals surface area contributed by atoms with E-state index in [2.05, 4.69) is 23.6 Å². The van der Waals surface area contributed by atoms with Gasteiger partial charge in [0, 0.05) is 12.6 Å². The maximum absolute atomic E-state index is 11.2. The Morgan fingerprint density at radius 3 is 2.33 bits per heavy atom. The quantitative estimate of drug-likeness (QED) is 0.788. The zero-order chi connectivity index (χ0) is 13.7. The van der Waals surface area contributed by atoms with Crippen LogP contribution in [0.25, 0.3) is 0 Å². The van der Waals surface area contributed by atoms with Gasteiger partial charge in [-0.25, -0.2) is 0 Å². The Hall–Kier alpha value is -0.610. The number of likely N-dealkylation sites (tertiary alicyclic amines) is 1. The van der Waals surface area contributed by atoms with Crippen molar-refractivity contribution < 1.29 is 9.90 Å². The standard InChI is InChI=1S/C14H28N2O2/c1-5-13(14(17)18)15(4)12-6-8-16(9-7-12)10-11(2)3/h11-13H,5-10H2,1-4H3,(H,17,18). The summed E-state index contributed by atoms with van der Waals surface area (Å²) in [7, 11) is 1.96. The monoisotopic (exact) mass is 256 g/mol. The molecular formula is C14H28N2O2. The fourth-order valence-electron chi connectivity index (χ4n) is 2.92. The summed E-state index contributed by atoms with van der Waals surface area (Å²) < 4.78 is 0. The Labute approximate surface area is 111 Å². The van der Waals surface area contributed by atoms with Crippen molar-refractivity contribution in [3.8, 4) is 0 Å². The molecule has 0 bridgehead atoms. The molecule has 0 amide bonds. The van der Waals surface area contributed by atoms with Crippen molar-refractivity contribution in [2.24, 2.45) is 5.92 Å². The number of aliphatic carboxylic acids is 1. The molecule has 4 heteroatoms. The average Bonchev–Trinajstić information content (AvgIpc) is 2.29. The number of piperidine rings is 1. The van der Waals surface area contributed by atoms with E-state index in [1.807, 2.05) is 14.0 Å². The summed E-state index contributed by atoms with van der Waals surface area (Å²) in [5.74, 6) is 0.0197. The third-order valence-corrected chi connectivity index (χ3v) is 3.92. The van der Waals surface area contributed by atoms with E-state index in [4.69, 9.17) is 0 Å². The Morgan fingerprint density at radius 1 is 1.39 bits per heavy atom. The summed E-state index contributed by atoms with van der Waals surface area (Å²) in [6, 6.07) is 0.0983. The van der Waals surface area contributed by atoms with Gasteiger partial charge >= 0.3 is 5.97 Å². The number of hydrogen-bond acceptors (Lipinski definition) is 3. The average molecular weight is 256 g/mol. The summed E-state index contributed by atoms with van der Waals surface area (Å²) in [6.07, 6.45) is 2.86. The molecule has 0 aromatic heterocycles. The molecule has 0 aromatic carbocycles. The van der Waals surface area contributed by atoms with Crippen molar-refractivity contribution in [1.82, 2.24) is 9.80 Å². The Morgan fingerprint density at radius 2 is 1.94 bits per heavy atom. The number of carboxylic acids is 1. The van der Waals surface area contributed by atoms with Crippen LogP contribution in [0, 0.1) is 5.92 Å². The Kier molecular flexibility index (Phi) is 6.09. The van der Waals surface area contributed by atoms with E-state index in [1.54, 1.807) is 0 Å². The van der Waals surface area contributed by atoms with Gasteiger partial charge in [0.2, 0.25) is 0 Å². The van der Waals surface area contributed by atoms with Crippen LogP contribution in [-0.2, 0) is 4.79 Å². The van der Waals surface area contributed by atoms with Gasteiger partial charge in [-0.1, -0.05) is 20.8 Å². The van der Waals surface area contributed by atoms with Crippen LogP contribution in [0.5, 0.6) is 0 Å². The van der Waals surface area contributed by atoms with Gasteiger partial charge in [0.25, 0.3) is 0 Å². The first-order chi connectivity index (χ1) is 8.45. The highest BCUT2D eigenvalue weighted by Crippen LogP contribution is 2.19. The molecule has 1 fully saturated rings. The van der Waals surface area contributed by atoms with Gasteiger partial charge in [-0.15, -0.1) is 0 Å². The SMILES string of the molecule is CCC(C(=O)O)N(C)C1CCN(CC(C)C)CC1. The summed E-state index contributed by atoms with van der Waals surface area (Å²) in [5.41, 5.74) is 0. The van der Waals surface area contributed by atoms with Crippen LogP contribution in [0.3, 0.4) is 0 Å². The number of nitrogens with zero attached hydrogens (tertiary/aromatic N) is 2. The van der Waals surface area contributed by atoms with Crippen molar-refractivity contribution in [3.05, 3.63) is 0 Å². The predicted octanol–water partition coefficient (Wildman–Crippen LogP) is 1.90. The summed E-state index contributed by atoms with van der Waals surface area (Å²) in [5, 5.41) is 9.19. The molecule has 1 unspecified atom stereocenters. The van der Waals surface area contributed by atoms with Crippen LogP contribution in [0.2, 0.25) is 0 Å². The third kappa shape index (κ3) is 4.25. The fourth-order valence-corrected chi connectivity index (χ4v) is 2.92. The van der Waals surface area contributed by atoms with E-state index in [-0.39, 0.29) is 6.04 Å². The highest BCUT2D eigenvalue weighted by Gasteiger charge is 2.29. The molecule has 1 aliphatic heterocycles. The van der Waals surface area contributed by atoms with Crippen LogP contribution in [-0.4, -0.2) is 59.6 Å². The van der Waals surface area contributed by atoms with Crippen molar-refractivity contribution >= 4 is 5.97 Å². The van der Waals surface area contributed by atoms with Crippen molar-refractivity contribution in [2.75, 3.05) is 26.7 Å². The minimum atomic E-state index is -0.690. The lowest BCUT2D eigenvalue weighted by Gasteiger charge is -2.39. The first-order valence-corrected chi connectivity index (χ1v) is 7.12. The van der Waals surface area contributed by atoms with Gasteiger partial charge < -0.3 is 10.0 Å². The third-order valence-electron chi connectivity index (χ3n) is 3.92. The summed E-state index contributed by atoms with van der Waals surface area (Å²) in [4.78, 5) is 15.7. The molecule has 0 spiro atoms. The van der Waals surface area contributed by atoms with Crippen LogP contribution >= 0.6 is 0 Å². The number of carbonyl (C=O) groups is 1. The normalized spacial score (nSPS) is 20.6. The maximum atomic E-state index is 11.2. The molecule has 1 aliphatic rings. The maximum Gasteiger partial charge on any atom is 0.320 e. The van der Waals surface area contributed by atoms with E-state index < -0.39 is 5.97 Å². The topological polar surface area (TPSA) is 43.8 Å². The second-order valence-corrected chi connectivity index (χ2v) is 5.85. The van der Waals surface area contributed by atoms with Crippen LogP contribution in [0.1, 0.15) is 40.0 Å². The summed E-state index contributed by atoms with van der Waals surface area (Å²) in [6.45, 7) is 9.80. The van der Waals surface area contributed by atoms with Gasteiger partial charge in [0.05, 0.1) is 0 Å².